The average molecular weight is 242 g/mol. The predicted octanol–water partition coefficient (Wildman–Crippen LogP) is 2.82. The predicted molar refractivity (Wildman–Crippen MR) is 56.8 cm³/mol. The molecular formula is C10H12BrNO. The molecule has 0 heterocycles. The zero-order valence-electron chi connectivity index (χ0n) is 7.29. The Morgan fingerprint density at radius 1 is 1.38 bits per heavy atom. The van der Waals surface area contributed by atoms with Gasteiger partial charge in [-0.1, -0.05) is 15.9 Å². The first-order valence-corrected chi connectivity index (χ1v) is 5.22. The van der Waals surface area contributed by atoms with Crippen molar-refractivity contribution in [2.45, 2.75) is 12.8 Å². The smallest absolute Gasteiger partial charge is 0.122 e. The van der Waals surface area contributed by atoms with Gasteiger partial charge < -0.3 is 10.5 Å². The quantitative estimate of drug-likeness (QED) is 0.827. The van der Waals surface area contributed by atoms with Crippen LogP contribution in [0.1, 0.15) is 12.8 Å². The third kappa shape index (κ3) is 2.62. The monoisotopic (exact) mass is 241 g/mol. The molecule has 0 unspecified atom stereocenters. The minimum atomic E-state index is 0.736. The van der Waals surface area contributed by atoms with Crippen molar-refractivity contribution < 1.29 is 4.74 Å². The van der Waals surface area contributed by atoms with Crippen molar-refractivity contribution in [1.29, 1.82) is 0 Å². The molecule has 1 aromatic rings. The largest absolute Gasteiger partial charge is 0.493 e. The maximum Gasteiger partial charge on any atom is 0.122 e. The van der Waals surface area contributed by atoms with Crippen molar-refractivity contribution in [3.8, 4) is 5.75 Å². The summed E-state index contributed by atoms with van der Waals surface area (Å²) < 4.78 is 6.55. The highest BCUT2D eigenvalue weighted by Gasteiger charge is 2.21. The maximum absolute atomic E-state index is 5.67. The molecule has 0 bridgehead atoms. The summed E-state index contributed by atoms with van der Waals surface area (Å²) in [5.41, 5.74) is 6.41. The summed E-state index contributed by atoms with van der Waals surface area (Å²) in [6.07, 6.45) is 2.62. The molecule has 13 heavy (non-hydrogen) atoms. The minimum absolute atomic E-state index is 0.736. The molecule has 3 heteroatoms. The van der Waals surface area contributed by atoms with E-state index < -0.39 is 0 Å². The molecule has 0 atom stereocenters. The van der Waals surface area contributed by atoms with E-state index in [0.717, 1.165) is 28.4 Å². The van der Waals surface area contributed by atoms with E-state index in [-0.39, 0.29) is 0 Å². The number of rotatable bonds is 3. The molecule has 0 amide bonds. The van der Waals surface area contributed by atoms with Gasteiger partial charge in [0.25, 0.3) is 0 Å². The SMILES string of the molecule is Nc1cc(Br)cc(OCC2CC2)c1. The van der Waals surface area contributed by atoms with Crippen molar-refractivity contribution >= 4 is 21.6 Å². The van der Waals surface area contributed by atoms with Crippen LogP contribution in [0.5, 0.6) is 5.75 Å². The van der Waals surface area contributed by atoms with Crippen LogP contribution >= 0.6 is 15.9 Å². The molecule has 0 saturated heterocycles. The highest BCUT2D eigenvalue weighted by Crippen LogP contribution is 2.30. The van der Waals surface area contributed by atoms with Gasteiger partial charge in [0.2, 0.25) is 0 Å². The van der Waals surface area contributed by atoms with E-state index in [2.05, 4.69) is 15.9 Å². The van der Waals surface area contributed by atoms with Crippen molar-refractivity contribution in [3.63, 3.8) is 0 Å². The lowest BCUT2D eigenvalue weighted by Crippen LogP contribution is -1.99. The maximum atomic E-state index is 5.67. The summed E-state index contributed by atoms with van der Waals surface area (Å²) in [4.78, 5) is 0. The highest BCUT2D eigenvalue weighted by atomic mass is 79.9. The summed E-state index contributed by atoms with van der Waals surface area (Å²) in [6.45, 7) is 0.829. The number of nitrogen functional groups attached to an aromatic ring is 1. The Morgan fingerprint density at radius 2 is 2.15 bits per heavy atom. The van der Waals surface area contributed by atoms with E-state index in [4.69, 9.17) is 10.5 Å². The lowest BCUT2D eigenvalue weighted by molar-refractivity contribution is 0.300. The lowest BCUT2D eigenvalue weighted by atomic mass is 10.3. The Bertz CT molecular complexity index is 290. The van der Waals surface area contributed by atoms with Crippen LogP contribution in [0.3, 0.4) is 0 Å². The number of nitrogens with two attached hydrogens (primary N) is 1. The number of hydrogen-bond donors (Lipinski definition) is 1. The Hall–Kier alpha value is -0.700. The Balaban J connectivity index is 2.01. The van der Waals surface area contributed by atoms with Gasteiger partial charge >= 0.3 is 0 Å². The average Bonchev–Trinajstić information content (AvgIpc) is 2.81. The molecule has 0 aliphatic heterocycles. The first-order chi connectivity index (χ1) is 6.24. The zero-order chi connectivity index (χ0) is 9.26. The number of ether oxygens (including phenoxy) is 1. The first kappa shape index (κ1) is 8.88. The summed E-state index contributed by atoms with van der Waals surface area (Å²) in [5, 5.41) is 0. The van der Waals surface area contributed by atoms with Crippen LogP contribution in [0, 0.1) is 5.92 Å². The molecule has 0 aromatic heterocycles. The van der Waals surface area contributed by atoms with E-state index >= 15 is 0 Å². The Kier molecular flexibility index (Phi) is 2.44. The number of halogens is 1. The molecule has 1 fully saturated rings. The molecule has 1 aliphatic carbocycles. The van der Waals surface area contributed by atoms with E-state index in [9.17, 15) is 0 Å². The van der Waals surface area contributed by atoms with E-state index in [1.165, 1.54) is 12.8 Å². The van der Waals surface area contributed by atoms with Crippen molar-refractivity contribution in [3.05, 3.63) is 22.7 Å². The molecule has 0 spiro atoms. The van der Waals surface area contributed by atoms with Gasteiger partial charge in [-0.3, -0.25) is 0 Å². The van der Waals surface area contributed by atoms with Gasteiger partial charge in [-0.05, 0) is 30.9 Å². The van der Waals surface area contributed by atoms with Gasteiger partial charge in [0.05, 0.1) is 6.61 Å². The standard InChI is InChI=1S/C10H12BrNO/c11-8-3-9(12)5-10(4-8)13-6-7-1-2-7/h3-5,7H,1-2,6,12H2. The fourth-order valence-corrected chi connectivity index (χ4v) is 1.66. The van der Waals surface area contributed by atoms with E-state index in [1.807, 2.05) is 18.2 Å². The summed E-state index contributed by atoms with van der Waals surface area (Å²) >= 11 is 3.38. The summed E-state index contributed by atoms with van der Waals surface area (Å²) in [5.74, 6) is 1.64. The molecule has 1 aliphatic rings. The molecule has 0 radical (unpaired) electrons. The van der Waals surface area contributed by atoms with Crippen LogP contribution in [-0.2, 0) is 0 Å². The minimum Gasteiger partial charge on any atom is -0.493 e. The molecule has 2 N–H and O–H groups in total. The normalized spacial score (nSPS) is 15.8. The lowest BCUT2D eigenvalue weighted by Gasteiger charge is -2.06. The zero-order valence-corrected chi connectivity index (χ0v) is 8.88. The van der Waals surface area contributed by atoms with Gasteiger partial charge in [-0.2, -0.15) is 0 Å². The van der Waals surface area contributed by atoms with Crippen molar-refractivity contribution in [2.24, 2.45) is 5.92 Å². The van der Waals surface area contributed by atoms with Crippen LogP contribution in [-0.4, -0.2) is 6.61 Å². The molecule has 2 rings (SSSR count). The van der Waals surface area contributed by atoms with Crippen LogP contribution in [0.4, 0.5) is 5.69 Å². The Morgan fingerprint density at radius 3 is 2.77 bits per heavy atom. The Labute approximate surface area is 86.2 Å². The first-order valence-electron chi connectivity index (χ1n) is 4.43. The summed E-state index contributed by atoms with van der Waals surface area (Å²) in [6, 6.07) is 5.66. The van der Waals surface area contributed by atoms with Gasteiger partial charge in [0.15, 0.2) is 0 Å². The fraction of sp³-hybridized carbons (Fsp3) is 0.400. The van der Waals surface area contributed by atoms with Crippen LogP contribution < -0.4 is 10.5 Å². The summed E-state index contributed by atoms with van der Waals surface area (Å²) in [7, 11) is 0. The number of anilines is 1. The number of benzene rings is 1. The van der Waals surface area contributed by atoms with Crippen molar-refractivity contribution in [2.75, 3.05) is 12.3 Å². The third-order valence-electron chi connectivity index (χ3n) is 2.08. The van der Waals surface area contributed by atoms with Crippen LogP contribution in [0.15, 0.2) is 22.7 Å². The molecule has 70 valence electrons. The molecular weight excluding hydrogens is 230 g/mol. The van der Waals surface area contributed by atoms with Gasteiger partial charge in [0.1, 0.15) is 5.75 Å². The topological polar surface area (TPSA) is 35.2 Å². The van der Waals surface area contributed by atoms with Gasteiger partial charge in [-0.25, -0.2) is 0 Å². The molecule has 1 saturated carbocycles. The van der Waals surface area contributed by atoms with Crippen LogP contribution in [0.25, 0.3) is 0 Å². The number of hydrogen-bond acceptors (Lipinski definition) is 2. The van der Waals surface area contributed by atoms with E-state index in [1.54, 1.807) is 0 Å². The molecule has 2 nitrogen and oxygen atoms in total. The second-order valence-electron chi connectivity index (χ2n) is 3.47. The van der Waals surface area contributed by atoms with E-state index in [0.29, 0.717) is 0 Å². The van der Waals surface area contributed by atoms with Crippen LogP contribution in [0.2, 0.25) is 0 Å². The van der Waals surface area contributed by atoms with Gasteiger partial charge in [-0.15, -0.1) is 0 Å². The van der Waals surface area contributed by atoms with Gasteiger partial charge in [0, 0.05) is 16.2 Å². The second kappa shape index (κ2) is 3.58. The highest BCUT2D eigenvalue weighted by molar-refractivity contribution is 9.10. The second-order valence-corrected chi connectivity index (χ2v) is 4.39. The fourth-order valence-electron chi connectivity index (χ4n) is 1.17. The molecule has 1 aromatic carbocycles. The van der Waals surface area contributed by atoms with Crippen molar-refractivity contribution in [1.82, 2.24) is 0 Å². The third-order valence-corrected chi connectivity index (χ3v) is 2.53.